The molecule has 2 saturated heterocycles. The van der Waals surface area contributed by atoms with Gasteiger partial charge in [-0.15, -0.1) is 0 Å². The fourth-order valence-corrected chi connectivity index (χ4v) is 4.08. The van der Waals surface area contributed by atoms with Crippen LogP contribution in [0.2, 0.25) is 0 Å². The molecule has 0 radical (unpaired) electrons. The number of anilines is 2. The van der Waals surface area contributed by atoms with E-state index in [1.54, 1.807) is 29.2 Å². The molecule has 2 atom stereocenters. The maximum absolute atomic E-state index is 13.6. The molecule has 2 aromatic rings. The van der Waals surface area contributed by atoms with Crippen molar-refractivity contribution in [2.45, 2.75) is 37.5 Å². The maximum Gasteiger partial charge on any atom is 0.433 e. The van der Waals surface area contributed by atoms with Gasteiger partial charge in [-0.05, 0) is 48.9 Å². The van der Waals surface area contributed by atoms with Crippen molar-refractivity contribution >= 4 is 17.3 Å². The lowest BCUT2D eigenvalue weighted by Gasteiger charge is -2.27. The molecule has 0 saturated carbocycles. The molecule has 0 spiro atoms. The molecule has 2 heterocycles. The molecule has 2 unspecified atom stereocenters. The van der Waals surface area contributed by atoms with E-state index in [-0.39, 0.29) is 24.7 Å². The number of ether oxygens (including phenoxy) is 2. The fraction of sp³-hybridized carbons (Fsp3) is 0.391. The molecular weight excluding hydrogens is 480 g/mol. The monoisotopic (exact) mass is 499 g/mol. The van der Waals surface area contributed by atoms with Crippen LogP contribution in [0.1, 0.15) is 24.0 Å². The molecule has 2 fully saturated rings. The largest absolute Gasteiger partial charge is 0.491 e. The Bertz CT molecular complexity index is 1130. The quantitative estimate of drug-likeness (QED) is 0.549. The molecule has 1 amide bonds. The van der Waals surface area contributed by atoms with Gasteiger partial charge in [0.1, 0.15) is 18.5 Å². The third-order valence-corrected chi connectivity index (χ3v) is 5.70. The van der Waals surface area contributed by atoms with Crippen LogP contribution in [-0.4, -0.2) is 44.1 Å². The molecule has 186 valence electrons. The molecule has 0 bridgehead atoms. The summed E-state index contributed by atoms with van der Waals surface area (Å²) in [7, 11) is 0. The minimum absolute atomic E-state index is 0.00721. The van der Waals surface area contributed by atoms with E-state index >= 15 is 0 Å². The number of nitrogens with zero attached hydrogens (tertiary/aromatic N) is 3. The van der Waals surface area contributed by atoms with Gasteiger partial charge in [0.05, 0.1) is 23.7 Å². The number of alkyl halides is 6. The number of amides is 1. The first kappa shape index (κ1) is 24.7. The second-order valence-corrected chi connectivity index (χ2v) is 8.10. The van der Waals surface area contributed by atoms with Gasteiger partial charge in [-0.3, -0.25) is 4.79 Å². The van der Waals surface area contributed by atoms with Crippen LogP contribution < -0.4 is 14.5 Å². The highest BCUT2D eigenvalue weighted by molar-refractivity contribution is 5.95. The number of rotatable bonds is 5. The second-order valence-electron chi connectivity index (χ2n) is 8.10. The molecule has 6 nitrogen and oxygen atoms in total. The Hall–Kier alpha value is -3.46. The lowest BCUT2D eigenvalue weighted by atomic mass is 10.1. The molecule has 0 aliphatic carbocycles. The van der Waals surface area contributed by atoms with Crippen molar-refractivity contribution in [3.8, 4) is 11.8 Å². The summed E-state index contributed by atoms with van der Waals surface area (Å²) in [6, 6.07) is 10.2. The van der Waals surface area contributed by atoms with Gasteiger partial charge in [0, 0.05) is 24.3 Å². The minimum atomic E-state index is -4.91. The SMILES string of the molecule is N#Cc1ccc(N2CC(COc3ccc(N4CCCC4=O)cc3)OC2C(F)(F)F)cc1C(F)(F)F. The molecule has 0 N–H and O–H groups in total. The lowest BCUT2D eigenvalue weighted by molar-refractivity contribution is -0.215. The smallest absolute Gasteiger partial charge is 0.433 e. The van der Waals surface area contributed by atoms with E-state index in [9.17, 15) is 31.1 Å². The lowest BCUT2D eigenvalue weighted by Crippen LogP contribution is -2.42. The van der Waals surface area contributed by atoms with Crippen molar-refractivity contribution in [1.29, 1.82) is 5.26 Å². The molecule has 35 heavy (non-hydrogen) atoms. The predicted molar refractivity (Wildman–Crippen MR) is 112 cm³/mol. The summed E-state index contributed by atoms with van der Waals surface area (Å²) in [4.78, 5) is 14.1. The van der Waals surface area contributed by atoms with Gasteiger partial charge >= 0.3 is 12.4 Å². The van der Waals surface area contributed by atoms with Gasteiger partial charge in [0.2, 0.25) is 12.1 Å². The Morgan fingerprint density at radius 2 is 1.74 bits per heavy atom. The van der Waals surface area contributed by atoms with Crippen molar-refractivity contribution in [2.24, 2.45) is 0 Å². The van der Waals surface area contributed by atoms with Gasteiger partial charge in [0.25, 0.3) is 0 Å². The topological polar surface area (TPSA) is 65.8 Å². The molecule has 12 heteroatoms. The maximum atomic E-state index is 13.6. The average molecular weight is 499 g/mol. The van der Waals surface area contributed by atoms with Crippen LogP contribution >= 0.6 is 0 Å². The summed E-state index contributed by atoms with van der Waals surface area (Å²) in [5.74, 6) is 0.344. The highest BCUT2D eigenvalue weighted by atomic mass is 19.4. The number of halogens is 6. The zero-order valence-corrected chi connectivity index (χ0v) is 18.1. The van der Waals surface area contributed by atoms with Crippen molar-refractivity contribution in [2.75, 3.05) is 29.5 Å². The van der Waals surface area contributed by atoms with E-state index in [2.05, 4.69) is 0 Å². The van der Waals surface area contributed by atoms with E-state index in [1.165, 1.54) is 6.07 Å². The van der Waals surface area contributed by atoms with Crippen LogP contribution in [0, 0.1) is 11.3 Å². The molecule has 0 aromatic heterocycles. The number of carbonyl (C=O) groups is 1. The van der Waals surface area contributed by atoms with E-state index < -0.39 is 35.8 Å². The van der Waals surface area contributed by atoms with Crippen LogP contribution in [0.3, 0.4) is 0 Å². The van der Waals surface area contributed by atoms with Gasteiger partial charge in [-0.2, -0.15) is 31.6 Å². The molecule has 2 aromatic carbocycles. The summed E-state index contributed by atoms with van der Waals surface area (Å²) >= 11 is 0. The van der Waals surface area contributed by atoms with Crippen molar-refractivity contribution in [3.63, 3.8) is 0 Å². The predicted octanol–water partition coefficient (Wildman–Crippen LogP) is 4.88. The third-order valence-electron chi connectivity index (χ3n) is 5.70. The zero-order valence-electron chi connectivity index (χ0n) is 18.1. The first-order valence-corrected chi connectivity index (χ1v) is 10.6. The Labute approximate surface area is 196 Å². The highest BCUT2D eigenvalue weighted by Crippen LogP contribution is 2.39. The van der Waals surface area contributed by atoms with Crippen LogP contribution in [0.25, 0.3) is 0 Å². The van der Waals surface area contributed by atoms with E-state index in [0.717, 1.165) is 18.6 Å². The van der Waals surface area contributed by atoms with Crippen molar-refractivity contribution in [1.82, 2.24) is 0 Å². The molecular formula is C23H19F6N3O3. The summed E-state index contributed by atoms with van der Waals surface area (Å²) < 4.78 is 91.4. The standard InChI is InChI=1S/C23H19F6N3O3/c24-22(25,26)19-10-16(4-3-14(19)11-30)32-12-18(35-21(32)23(27,28)29)13-34-17-7-5-15(6-8-17)31-9-1-2-20(31)33/h3-8,10,18,21H,1-2,9,12-13H2. The van der Waals surface area contributed by atoms with Crippen LogP contribution in [0.4, 0.5) is 37.7 Å². The fourth-order valence-electron chi connectivity index (χ4n) is 4.08. The second kappa shape index (κ2) is 9.30. The average Bonchev–Trinajstić information content (AvgIpc) is 3.43. The highest BCUT2D eigenvalue weighted by Gasteiger charge is 2.51. The normalized spacial score (nSPS) is 20.9. The van der Waals surface area contributed by atoms with E-state index in [4.69, 9.17) is 14.7 Å². The Balaban J connectivity index is 1.48. The van der Waals surface area contributed by atoms with Gasteiger partial charge in [-0.1, -0.05) is 0 Å². The van der Waals surface area contributed by atoms with Crippen LogP contribution in [0.5, 0.6) is 5.75 Å². The van der Waals surface area contributed by atoms with E-state index in [1.807, 2.05) is 0 Å². The Kier molecular flexibility index (Phi) is 6.55. The minimum Gasteiger partial charge on any atom is -0.491 e. The van der Waals surface area contributed by atoms with E-state index in [0.29, 0.717) is 35.4 Å². The van der Waals surface area contributed by atoms with Gasteiger partial charge < -0.3 is 19.3 Å². The Morgan fingerprint density at radius 3 is 2.31 bits per heavy atom. The van der Waals surface area contributed by atoms with Gasteiger partial charge in [-0.25, -0.2) is 0 Å². The summed E-state index contributed by atoms with van der Waals surface area (Å²) in [5, 5.41) is 8.93. The summed E-state index contributed by atoms with van der Waals surface area (Å²) in [6.07, 6.45) is -12.1. The first-order chi connectivity index (χ1) is 16.5. The zero-order chi connectivity index (χ0) is 25.4. The van der Waals surface area contributed by atoms with Crippen LogP contribution in [0.15, 0.2) is 42.5 Å². The van der Waals surface area contributed by atoms with Crippen molar-refractivity contribution < 1.29 is 40.6 Å². The van der Waals surface area contributed by atoms with Gasteiger partial charge in [0.15, 0.2) is 0 Å². The Morgan fingerprint density at radius 1 is 1.06 bits per heavy atom. The first-order valence-electron chi connectivity index (χ1n) is 10.6. The van der Waals surface area contributed by atoms with Crippen LogP contribution in [-0.2, 0) is 15.7 Å². The number of nitriles is 1. The molecule has 2 aliphatic rings. The number of hydrogen-bond donors (Lipinski definition) is 0. The third kappa shape index (κ3) is 5.30. The molecule has 2 aliphatic heterocycles. The number of carbonyl (C=O) groups excluding carboxylic acids is 1. The summed E-state index contributed by atoms with van der Waals surface area (Å²) in [5.41, 5.74) is -1.71. The number of benzene rings is 2. The van der Waals surface area contributed by atoms with Crippen molar-refractivity contribution in [3.05, 3.63) is 53.6 Å². The number of hydrogen-bond acceptors (Lipinski definition) is 5. The summed E-state index contributed by atoms with van der Waals surface area (Å²) in [6.45, 7) is -0.0593. The molecule has 4 rings (SSSR count).